The predicted molar refractivity (Wildman–Crippen MR) is 78.4 cm³/mol. The van der Waals surface area contributed by atoms with Crippen molar-refractivity contribution < 1.29 is 9.84 Å². The van der Waals surface area contributed by atoms with E-state index in [4.69, 9.17) is 16.3 Å². The van der Waals surface area contributed by atoms with Gasteiger partial charge in [0, 0.05) is 11.6 Å². The Morgan fingerprint density at radius 2 is 2.11 bits per heavy atom. The van der Waals surface area contributed by atoms with Crippen molar-refractivity contribution in [3.8, 4) is 0 Å². The van der Waals surface area contributed by atoms with E-state index in [0.717, 1.165) is 37.2 Å². The van der Waals surface area contributed by atoms with Gasteiger partial charge >= 0.3 is 0 Å². The van der Waals surface area contributed by atoms with Crippen LogP contribution in [0.3, 0.4) is 0 Å². The first-order chi connectivity index (χ1) is 9.07. The number of hydrogen-bond donors (Lipinski definition) is 1. The molecule has 1 atom stereocenters. The van der Waals surface area contributed by atoms with Crippen LogP contribution in [-0.4, -0.2) is 17.3 Å². The fraction of sp³-hybridized carbons (Fsp3) is 0.625. The SMILES string of the molecule is CCOC1(C(O)c2cccc(Cl)c2)CCC(C)CC1. The lowest BCUT2D eigenvalue weighted by molar-refractivity contribution is -0.146. The number of ether oxygens (including phenoxy) is 1. The maximum absolute atomic E-state index is 10.8. The maximum Gasteiger partial charge on any atom is 0.108 e. The molecule has 1 fully saturated rings. The van der Waals surface area contributed by atoms with Crippen LogP contribution in [0.5, 0.6) is 0 Å². The van der Waals surface area contributed by atoms with Crippen LogP contribution in [0.4, 0.5) is 0 Å². The molecule has 19 heavy (non-hydrogen) atoms. The van der Waals surface area contributed by atoms with Crippen molar-refractivity contribution in [2.75, 3.05) is 6.61 Å². The highest BCUT2D eigenvalue weighted by atomic mass is 35.5. The minimum atomic E-state index is -0.598. The monoisotopic (exact) mass is 282 g/mol. The fourth-order valence-corrected chi connectivity index (χ4v) is 3.21. The van der Waals surface area contributed by atoms with Crippen molar-refractivity contribution in [1.82, 2.24) is 0 Å². The zero-order valence-corrected chi connectivity index (χ0v) is 12.5. The summed E-state index contributed by atoms with van der Waals surface area (Å²) < 4.78 is 5.98. The second-order valence-corrected chi connectivity index (χ2v) is 6.07. The average Bonchev–Trinajstić information content (AvgIpc) is 2.41. The van der Waals surface area contributed by atoms with Crippen molar-refractivity contribution >= 4 is 11.6 Å². The van der Waals surface area contributed by atoms with E-state index in [-0.39, 0.29) is 0 Å². The molecule has 0 saturated heterocycles. The first kappa shape index (κ1) is 14.8. The van der Waals surface area contributed by atoms with Gasteiger partial charge in [-0.15, -0.1) is 0 Å². The first-order valence-corrected chi connectivity index (χ1v) is 7.52. The predicted octanol–water partition coefficient (Wildman–Crippen LogP) is 4.36. The zero-order valence-electron chi connectivity index (χ0n) is 11.7. The molecule has 0 heterocycles. The molecule has 2 rings (SSSR count). The molecule has 0 bridgehead atoms. The molecule has 0 amide bonds. The number of benzene rings is 1. The lowest BCUT2D eigenvalue weighted by Gasteiger charge is -2.42. The minimum absolute atomic E-state index is 0.439. The Kier molecular flexibility index (Phi) is 4.88. The molecular weight excluding hydrogens is 260 g/mol. The van der Waals surface area contributed by atoms with Gasteiger partial charge in [-0.3, -0.25) is 0 Å². The Morgan fingerprint density at radius 3 is 2.68 bits per heavy atom. The summed E-state index contributed by atoms with van der Waals surface area (Å²) in [6.07, 6.45) is 3.44. The lowest BCUT2D eigenvalue weighted by Crippen LogP contribution is -2.42. The van der Waals surface area contributed by atoms with Gasteiger partial charge in [0.1, 0.15) is 6.10 Å². The number of rotatable bonds is 4. The third-order valence-electron chi connectivity index (χ3n) is 4.22. The number of aliphatic hydroxyl groups is 1. The standard InChI is InChI=1S/C16H23ClO2/c1-3-19-16(9-7-12(2)8-10-16)15(18)13-5-4-6-14(17)11-13/h4-6,11-12,15,18H,3,7-10H2,1-2H3. The van der Waals surface area contributed by atoms with Gasteiger partial charge in [-0.05, 0) is 56.2 Å². The van der Waals surface area contributed by atoms with Gasteiger partial charge in [0.15, 0.2) is 0 Å². The number of halogens is 1. The van der Waals surface area contributed by atoms with E-state index < -0.39 is 11.7 Å². The van der Waals surface area contributed by atoms with E-state index in [1.54, 1.807) is 0 Å². The Hall–Kier alpha value is -0.570. The van der Waals surface area contributed by atoms with Crippen molar-refractivity contribution in [1.29, 1.82) is 0 Å². The molecule has 1 aromatic rings. The summed E-state index contributed by atoms with van der Waals surface area (Å²) in [6.45, 7) is 4.89. The van der Waals surface area contributed by atoms with Gasteiger partial charge in [-0.2, -0.15) is 0 Å². The molecule has 1 aliphatic carbocycles. The van der Waals surface area contributed by atoms with E-state index in [9.17, 15) is 5.11 Å². The van der Waals surface area contributed by atoms with Gasteiger partial charge in [-0.25, -0.2) is 0 Å². The lowest BCUT2D eigenvalue weighted by atomic mass is 9.74. The van der Waals surface area contributed by atoms with E-state index in [1.165, 1.54) is 0 Å². The van der Waals surface area contributed by atoms with Gasteiger partial charge in [0.2, 0.25) is 0 Å². The Morgan fingerprint density at radius 1 is 1.42 bits per heavy atom. The van der Waals surface area contributed by atoms with Crippen LogP contribution >= 0.6 is 11.6 Å². The normalized spacial score (nSPS) is 29.2. The average molecular weight is 283 g/mol. The van der Waals surface area contributed by atoms with Crippen LogP contribution in [0.1, 0.15) is 51.2 Å². The molecule has 1 saturated carbocycles. The molecule has 1 N–H and O–H groups in total. The number of aliphatic hydroxyl groups excluding tert-OH is 1. The van der Waals surface area contributed by atoms with Crippen molar-refractivity contribution in [2.45, 2.75) is 51.2 Å². The second kappa shape index (κ2) is 6.25. The Balaban J connectivity index is 2.23. The van der Waals surface area contributed by atoms with Crippen LogP contribution < -0.4 is 0 Å². The molecule has 0 aromatic heterocycles. The highest BCUT2D eigenvalue weighted by Gasteiger charge is 2.42. The summed E-state index contributed by atoms with van der Waals surface area (Å²) in [5, 5.41) is 11.4. The van der Waals surface area contributed by atoms with Crippen molar-refractivity contribution in [2.24, 2.45) is 5.92 Å². The largest absolute Gasteiger partial charge is 0.385 e. The topological polar surface area (TPSA) is 29.5 Å². The van der Waals surface area contributed by atoms with E-state index in [2.05, 4.69) is 6.92 Å². The van der Waals surface area contributed by atoms with Crippen LogP contribution in [0.25, 0.3) is 0 Å². The van der Waals surface area contributed by atoms with Crippen LogP contribution in [-0.2, 0) is 4.74 Å². The molecule has 0 aliphatic heterocycles. The van der Waals surface area contributed by atoms with Gasteiger partial charge in [0.25, 0.3) is 0 Å². The van der Waals surface area contributed by atoms with Gasteiger partial charge in [-0.1, -0.05) is 30.7 Å². The minimum Gasteiger partial charge on any atom is -0.385 e. The van der Waals surface area contributed by atoms with E-state index >= 15 is 0 Å². The van der Waals surface area contributed by atoms with Crippen molar-refractivity contribution in [3.63, 3.8) is 0 Å². The van der Waals surface area contributed by atoms with E-state index in [1.807, 2.05) is 31.2 Å². The fourth-order valence-electron chi connectivity index (χ4n) is 3.02. The second-order valence-electron chi connectivity index (χ2n) is 5.64. The van der Waals surface area contributed by atoms with Crippen molar-refractivity contribution in [3.05, 3.63) is 34.9 Å². The summed E-state index contributed by atoms with van der Waals surface area (Å²) >= 11 is 6.02. The molecular formula is C16H23ClO2. The quantitative estimate of drug-likeness (QED) is 0.889. The molecule has 2 nitrogen and oxygen atoms in total. The molecule has 1 unspecified atom stereocenters. The molecule has 3 heteroatoms. The molecule has 0 radical (unpaired) electrons. The molecule has 0 spiro atoms. The van der Waals surface area contributed by atoms with Crippen LogP contribution in [0.15, 0.2) is 24.3 Å². The number of hydrogen-bond acceptors (Lipinski definition) is 2. The Bertz CT molecular complexity index is 411. The highest BCUT2D eigenvalue weighted by molar-refractivity contribution is 6.30. The zero-order chi connectivity index (χ0) is 13.9. The van der Waals surface area contributed by atoms with Crippen LogP contribution in [0, 0.1) is 5.92 Å². The van der Waals surface area contributed by atoms with Gasteiger partial charge in [0.05, 0.1) is 5.60 Å². The highest BCUT2D eigenvalue weighted by Crippen LogP contribution is 2.43. The summed E-state index contributed by atoms with van der Waals surface area (Å²) in [7, 11) is 0. The smallest absolute Gasteiger partial charge is 0.108 e. The summed E-state index contributed by atoms with van der Waals surface area (Å²) in [4.78, 5) is 0. The Labute approximate surface area is 120 Å². The third kappa shape index (κ3) is 3.31. The van der Waals surface area contributed by atoms with Gasteiger partial charge < -0.3 is 9.84 Å². The first-order valence-electron chi connectivity index (χ1n) is 7.15. The summed E-state index contributed by atoms with van der Waals surface area (Å²) in [5.74, 6) is 0.722. The van der Waals surface area contributed by atoms with Crippen LogP contribution in [0.2, 0.25) is 5.02 Å². The molecule has 1 aliphatic rings. The third-order valence-corrected chi connectivity index (χ3v) is 4.45. The summed E-state index contributed by atoms with van der Waals surface area (Å²) in [6, 6.07) is 7.47. The summed E-state index contributed by atoms with van der Waals surface area (Å²) in [5.41, 5.74) is 0.418. The molecule has 106 valence electrons. The maximum atomic E-state index is 10.8. The molecule has 1 aromatic carbocycles. The van der Waals surface area contributed by atoms with E-state index in [0.29, 0.717) is 11.6 Å².